The number of thioether (sulfide) groups is 1. The van der Waals surface area contributed by atoms with Crippen molar-refractivity contribution in [2.24, 2.45) is 7.05 Å². The van der Waals surface area contributed by atoms with Crippen molar-refractivity contribution in [3.63, 3.8) is 0 Å². The van der Waals surface area contributed by atoms with Crippen LogP contribution >= 0.6 is 23.4 Å². The normalized spacial score (nSPS) is 10.6. The number of nitrogens with one attached hydrogen (secondary N) is 1. The van der Waals surface area contributed by atoms with Crippen LogP contribution in [0.3, 0.4) is 0 Å². The molecule has 0 saturated heterocycles. The zero-order valence-electron chi connectivity index (χ0n) is 16.3. The molecule has 1 amide bonds. The second-order valence-electron chi connectivity index (χ2n) is 6.22. The molecule has 9 heteroatoms. The molecule has 0 aliphatic rings. The van der Waals surface area contributed by atoms with E-state index in [1.165, 1.54) is 11.8 Å². The largest absolute Gasteiger partial charge is 0.495 e. The van der Waals surface area contributed by atoms with Crippen molar-refractivity contribution in [3.8, 4) is 11.5 Å². The number of benzene rings is 2. The smallest absolute Gasteiger partial charge is 0.234 e. The molecule has 29 heavy (non-hydrogen) atoms. The summed E-state index contributed by atoms with van der Waals surface area (Å²) in [5.74, 6) is 1.86. The quantitative estimate of drug-likeness (QED) is 0.540. The van der Waals surface area contributed by atoms with E-state index in [-0.39, 0.29) is 18.3 Å². The number of carbonyl (C=O) groups excluding carboxylic acids is 1. The molecule has 1 aromatic heterocycles. The van der Waals surface area contributed by atoms with Crippen molar-refractivity contribution in [1.82, 2.24) is 14.8 Å². The minimum atomic E-state index is -0.157. The van der Waals surface area contributed by atoms with E-state index in [2.05, 4.69) is 15.5 Å². The van der Waals surface area contributed by atoms with Crippen LogP contribution in [0.25, 0.3) is 0 Å². The number of methoxy groups -OCH3 is 1. The van der Waals surface area contributed by atoms with Gasteiger partial charge in [0.1, 0.15) is 18.1 Å². The third kappa shape index (κ3) is 5.42. The van der Waals surface area contributed by atoms with Crippen molar-refractivity contribution in [2.75, 3.05) is 18.2 Å². The number of amides is 1. The van der Waals surface area contributed by atoms with E-state index < -0.39 is 0 Å². The average Bonchev–Trinajstić information content (AvgIpc) is 3.05. The Kier molecular flexibility index (Phi) is 7.00. The first kappa shape index (κ1) is 21.0. The van der Waals surface area contributed by atoms with E-state index in [4.69, 9.17) is 21.1 Å². The molecule has 2 aromatic carbocycles. The van der Waals surface area contributed by atoms with Crippen molar-refractivity contribution in [2.45, 2.75) is 18.7 Å². The molecule has 0 bridgehead atoms. The number of halogens is 1. The highest BCUT2D eigenvalue weighted by molar-refractivity contribution is 7.99. The average molecular weight is 433 g/mol. The lowest BCUT2D eigenvalue weighted by atomic mass is 10.2. The first-order chi connectivity index (χ1) is 14.0. The summed E-state index contributed by atoms with van der Waals surface area (Å²) in [6.45, 7) is 2.18. The van der Waals surface area contributed by atoms with Crippen LogP contribution in [0.15, 0.2) is 47.6 Å². The Labute approximate surface area is 178 Å². The Hall–Kier alpha value is -2.71. The summed E-state index contributed by atoms with van der Waals surface area (Å²) in [6, 6.07) is 12.9. The van der Waals surface area contributed by atoms with E-state index in [9.17, 15) is 4.79 Å². The zero-order chi connectivity index (χ0) is 20.8. The fourth-order valence-corrected chi connectivity index (χ4v) is 3.46. The van der Waals surface area contributed by atoms with Crippen LogP contribution in [0.1, 0.15) is 11.4 Å². The summed E-state index contributed by atoms with van der Waals surface area (Å²) >= 11 is 7.39. The number of hydrogen-bond acceptors (Lipinski definition) is 6. The van der Waals surface area contributed by atoms with Gasteiger partial charge in [-0.2, -0.15) is 0 Å². The van der Waals surface area contributed by atoms with Crippen LogP contribution in [0, 0.1) is 6.92 Å². The van der Waals surface area contributed by atoms with Crippen LogP contribution in [0.5, 0.6) is 11.5 Å². The van der Waals surface area contributed by atoms with Crippen LogP contribution in [-0.4, -0.2) is 33.5 Å². The highest BCUT2D eigenvalue weighted by atomic mass is 35.5. The minimum Gasteiger partial charge on any atom is -0.495 e. The molecule has 0 aliphatic carbocycles. The molecule has 3 aromatic rings. The molecule has 0 fully saturated rings. The Bertz CT molecular complexity index is 1010. The summed E-state index contributed by atoms with van der Waals surface area (Å²) in [5, 5.41) is 12.3. The third-order valence-electron chi connectivity index (χ3n) is 4.08. The molecule has 0 radical (unpaired) electrons. The Morgan fingerprint density at radius 3 is 2.76 bits per heavy atom. The van der Waals surface area contributed by atoms with Crippen LogP contribution in [0.4, 0.5) is 5.69 Å². The molecule has 0 unspecified atom stereocenters. The number of carbonyl (C=O) groups is 1. The summed E-state index contributed by atoms with van der Waals surface area (Å²) < 4.78 is 12.8. The molecule has 3 rings (SSSR count). The van der Waals surface area contributed by atoms with Gasteiger partial charge in [0.05, 0.1) is 23.6 Å². The predicted molar refractivity (Wildman–Crippen MR) is 114 cm³/mol. The standard InChI is InChI=1S/C20H21ClN4O3S/c1-13-8-9-17(27-3)15(10-13)22-19(26)12-29-20-24-23-18(25(20)2)11-28-16-7-5-4-6-14(16)21/h4-10H,11-12H2,1-3H3,(H,22,26). The van der Waals surface area contributed by atoms with E-state index in [0.717, 1.165) is 5.56 Å². The third-order valence-corrected chi connectivity index (χ3v) is 5.41. The van der Waals surface area contributed by atoms with Gasteiger partial charge in [-0.15, -0.1) is 10.2 Å². The second-order valence-corrected chi connectivity index (χ2v) is 7.57. The van der Waals surface area contributed by atoms with E-state index in [0.29, 0.717) is 33.2 Å². The first-order valence-electron chi connectivity index (χ1n) is 8.81. The second kappa shape index (κ2) is 9.67. The number of rotatable bonds is 8. The van der Waals surface area contributed by atoms with Gasteiger partial charge in [-0.1, -0.05) is 41.6 Å². The number of para-hydroxylation sites is 1. The number of aryl methyl sites for hydroxylation is 1. The summed E-state index contributed by atoms with van der Waals surface area (Å²) in [5.41, 5.74) is 1.68. The molecule has 0 atom stereocenters. The van der Waals surface area contributed by atoms with Gasteiger partial charge in [-0.25, -0.2) is 0 Å². The van der Waals surface area contributed by atoms with E-state index >= 15 is 0 Å². The van der Waals surface area contributed by atoms with Crippen molar-refractivity contribution in [1.29, 1.82) is 0 Å². The van der Waals surface area contributed by atoms with E-state index in [1.807, 2.05) is 44.3 Å². The monoisotopic (exact) mass is 432 g/mol. The maximum Gasteiger partial charge on any atom is 0.234 e. The number of aromatic nitrogens is 3. The first-order valence-corrected chi connectivity index (χ1v) is 10.2. The van der Waals surface area contributed by atoms with Gasteiger partial charge in [0.25, 0.3) is 0 Å². The van der Waals surface area contributed by atoms with E-state index in [1.54, 1.807) is 23.8 Å². The minimum absolute atomic E-state index is 0.157. The zero-order valence-corrected chi connectivity index (χ0v) is 17.9. The van der Waals surface area contributed by atoms with Crippen LogP contribution in [0.2, 0.25) is 5.02 Å². The number of anilines is 1. The van der Waals surface area contributed by atoms with Gasteiger partial charge >= 0.3 is 0 Å². The molecule has 7 nitrogen and oxygen atoms in total. The summed E-state index contributed by atoms with van der Waals surface area (Å²) in [4.78, 5) is 12.3. The van der Waals surface area contributed by atoms with Crippen LogP contribution in [-0.2, 0) is 18.4 Å². The summed E-state index contributed by atoms with van der Waals surface area (Å²) in [6.07, 6.45) is 0. The highest BCUT2D eigenvalue weighted by Gasteiger charge is 2.14. The summed E-state index contributed by atoms with van der Waals surface area (Å²) in [7, 11) is 3.40. The Morgan fingerprint density at radius 1 is 1.21 bits per heavy atom. The molecular formula is C20H21ClN4O3S. The molecule has 1 heterocycles. The maximum absolute atomic E-state index is 12.3. The topological polar surface area (TPSA) is 78.3 Å². The van der Waals surface area contributed by atoms with Gasteiger partial charge < -0.3 is 19.4 Å². The predicted octanol–water partition coefficient (Wildman–Crippen LogP) is 4.10. The van der Waals surface area contributed by atoms with Gasteiger partial charge in [-0.3, -0.25) is 4.79 Å². The van der Waals surface area contributed by atoms with Gasteiger partial charge in [0.15, 0.2) is 11.0 Å². The maximum atomic E-state index is 12.3. The van der Waals surface area contributed by atoms with Crippen molar-refractivity contribution in [3.05, 3.63) is 58.9 Å². The lowest BCUT2D eigenvalue weighted by Crippen LogP contribution is -2.15. The van der Waals surface area contributed by atoms with Gasteiger partial charge in [0, 0.05) is 7.05 Å². The fraction of sp³-hybridized carbons (Fsp3) is 0.250. The van der Waals surface area contributed by atoms with Gasteiger partial charge in [0.2, 0.25) is 5.91 Å². The Balaban J connectivity index is 1.57. The fourth-order valence-electron chi connectivity index (χ4n) is 2.54. The van der Waals surface area contributed by atoms with Gasteiger partial charge in [-0.05, 0) is 36.8 Å². The molecule has 0 aliphatic heterocycles. The lowest BCUT2D eigenvalue weighted by molar-refractivity contribution is -0.113. The molecule has 1 N–H and O–H groups in total. The number of ether oxygens (including phenoxy) is 2. The molecule has 0 saturated carbocycles. The molecular weight excluding hydrogens is 412 g/mol. The molecule has 0 spiro atoms. The highest BCUT2D eigenvalue weighted by Crippen LogP contribution is 2.26. The SMILES string of the molecule is COc1ccc(C)cc1NC(=O)CSc1nnc(COc2ccccc2Cl)n1C. The molecule has 152 valence electrons. The van der Waals surface area contributed by atoms with Crippen molar-refractivity contribution < 1.29 is 14.3 Å². The number of nitrogens with zero attached hydrogens (tertiary/aromatic N) is 3. The Morgan fingerprint density at radius 2 is 2.00 bits per heavy atom. The van der Waals surface area contributed by atoms with Crippen LogP contribution < -0.4 is 14.8 Å². The lowest BCUT2D eigenvalue weighted by Gasteiger charge is -2.11. The van der Waals surface area contributed by atoms with Crippen molar-refractivity contribution >= 4 is 35.0 Å². The number of hydrogen-bond donors (Lipinski definition) is 1.